The van der Waals surface area contributed by atoms with Gasteiger partial charge in [0.1, 0.15) is 12.4 Å². The molecular weight excluding hydrogens is 346 g/mol. The predicted molar refractivity (Wildman–Crippen MR) is 101 cm³/mol. The van der Waals surface area contributed by atoms with E-state index in [1.807, 2.05) is 6.07 Å². The molecule has 1 fully saturated rings. The summed E-state index contributed by atoms with van der Waals surface area (Å²) in [6, 6.07) is 14.0. The number of amides is 1. The monoisotopic (exact) mass is 365 g/mol. The zero-order chi connectivity index (χ0) is 18.6. The smallest absolute Gasteiger partial charge is 0.276 e. The number of nitrogens with one attached hydrogen (secondary N) is 2. The number of hydrogen-bond acceptors (Lipinski definition) is 5. The lowest BCUT2D eigenvalue weighted by molar-refractivity contribution is 0.0680. The fourth-order valence-corrected chi connectivity index (χ4v) is 3.11. The number of hydrogen-bond donors (Lipinski definition) is 2. The Morgan fingerprint density at radius 1 is 1.22 bits per heavy atom. The average molecular weight is 365 g/mol. The third kappa shape index (κ3) is 3.83. The Morgan fingerprint density at radius 2 is 2.07 bits per heavy atom. The Morgan fingerprint density at radius 3 is 2.89 bits per heavy atom. The summed E-state index contributed by atoms with van der Waals surface area (Å²) in [4.78, 5) is 24.5. The molecule has 0 saturated carbocycles. The highest BCUT2D eigenvalue weighted by atomic mass is 16.5. The average Bonchev–Trinajstić information content (AvgIpc) is 3.21. The van der Waals surface area contributed by atoms with E-state index in [0.717, 1.165) is 19.4 Å². The molecule has 27 heavy (non-hydrogen) atoms. The number of carbonyl (C=O) groups excluding carboxylic acids is 1. The van der Waals surface area contributed by atoms with Crippen molar-refractivity contribution in [1.82, 2.24) is 10.2 Å². The molecular formula is C20H19N3O4. The Labute approximate surface area is 155 Å². The molecule has 0 spiro atoms. The lowest BCUT2D eigenvalue weighted by atomic mass is 10.1. The zero-order valence-corrected chi connectivity index (χ0v) is 14.6. The fraction of sp³-hybridized carbons (Fsp3) is 0.250. The van der Waals surface area contributed by atoms with Crippen molar-refractivity contribution in [2.45, 2.75) is 18.9 Å². The number of nitrogens with zero attached hydrogens (tertiary/aromatic N) is 1. The second-order valence-electron chi connectivity index (χ2n) is 6.37. The standard InChI is InChI=1S/C20H19N3O4/c24-19-17-9-2-1-8-16(17)18(22-23-19)20(25)21-13-5-3-6-14(11-13)27-12-15-7-4-10-26-15/h1-3,5-6,8-9,11,15H,4,7,10,12H2,(H,21,25)(H,23,24)/t15-/m0/s1. The summed E-state index contributed by atoms with van der Waals surface area (Å²) >= 11 is 0. The first-order valence-electron chi connectivity index (χ1n) is 8.84. The number of H-pyrrole nitrogens is 1. The first-order valence-corrected chi connectivity index (χ1v) is 8.84. The lowest BCUT2D eigenvalue weighted by Gasteiger charge is -2.12. The van der Waals surface area contributed by atoms with Crippen LogP contribution in [0.4, 0.5) is 5.69 Å². The highest BCUT2D eigenvalue weighted by Crippen LogP contribution is 2.21. The van der Waals surface area contributed by atoms with Crippen LogP contribution in [0.1, 0.15) is 23.3 Å². The van der Waals surface area contributed by atoms with Gasteiger partial charge in [0.15, 0.2) is 5.69 Å². The van der Waals surface area contributed by atoms with Crippen molar-refractivity contribution in [2.24, 2.45) is 0 Å². The highest BCUT2D eigenvalue weighted by molar-refractivity contribution is 6.11. The first kappa shape index (κ1) is 17.2. The second kappa shape index (κ2) is 7.59. The molecule has 1 aliphatic heterocycles. The topological polar surface area (TPSA) is 93.3 Å². The van der Waals surface area contributed by atoms with Crippen molar-refractivity contribution < 1.29 is 14.3 Å². The van der Waals surface area contributed by atoms with Gasteiger partial charge < -0.3 is 14.8 Å². The van der Waals surface area contributed by atoms with Gasteiger partial charge in [0.25, 0.3) is 11.5 Å². The van der Waals surface area contributed by atoms with Crippen molar-refractivity contribution in [3.8, 4) is 5.75 Å². The Kier molecular flexibility index (Phi) is 4.84. The summed E-state index contributed by atoms with van der Waals surface area (Å²) in [6.07, 6.45) is 2.19. The van der Waals surface area contributed by atoms with Gasteiger partial charge in [0.05, 0.1) is 11.5 Å². The van der Waals surface area contributed by atoms with E-state index in [1.54, 1.807) is 42.5 Å². The maximum absolute atomic E-state index is 12.7. The summed E-state index contributed by atoms with van der Waals surface area (Å²) in [7, 11) is 0. The summed E-state index contributed by atoms with van der Waals surface area (Å²) in [5.41, 5.74) is 0.421. The van der Waals surface area contributed by atoms with Crippen molar-refractivity contribution in [2.75, 3.05) is 18.5 Å². The lowest BCUT2D eigenvalue weighted by Crippen LogP contribution is -2.19. The minimum absolute atomic E-state index is 0.125. The number of anilines is 1. The molecule has 1 amide bonds. The molecule has 3 aromatic rings. The second-order valence-corrected chi connectivity index (χ2v) is 6.37. The third-order valence-corrected chi connectivity index (χ3v) is 4.46. The minimum Gasteiger partial charge on any atom is -0.491 e. The van der Waals surface area contributed by atoms with E-state index in [0.29, 0.717) is 28.8 Å². The van der Waals surface area contributed by atoms with E-state index < -0.39 is 5.91 Å². The molecule has 1 aliphatic rings. The molecule has 7 heteroatoms. The van der Waals surface area contributed by atoms with Gasteiger partial charge in [-0.2, -0.15) is 5.10 Å². The summed E-state index contributed by atoms with van der Waals surface area (Å²) in [6.45, 7) is 1.27. The van der Waals surface area contributed by atoms with Gasteiger partial charge >= 0.3 is 0 Å². The molecule has 2 aromatic carbocycles. The Bertz CT molecular complexity index is 1020. The number of benzene rings is 2. The van der Waals surface area contributed by atoms with Crippen LogP contribution < -0.4 is 15.6 Å². The van der Waals surface area contributed by atoms with Crippen LogP contribution in [0.15, 0.2) is 53.3 Å². The normalized spacial score (nSPS) is 16.4. The molecule has 2 heterocycles. The molecule has 0 unspecified atom stereocenters. The summed E-state index contributed by atoms with van der Waals surface area (Å²) < 4.78 is 11.3. The molecule has 0 aliphatic carbocycles. The minimum atomic E-state index is -0.404. The number of carbonyl (C=O) groups is 1. The van der Waals surface area contributed by atoms with E-state index in [2.05, 4.69) is 15.5 Å². The Hall–Kier alpha value is -3.19. The number of fused-ring (bicyclic) bond motifs is 1. The van der Waals surface area contributed by atoms with Gasteiger partial charge in [-0.25, -0.2) is 5.10 Å². The van der Waals surface area contributed by atoms with Crippen LogP contribution in [0.5, 0.6) is 5.75 Å². The van der Waals surface area contributed by atoms with Crippen molar-refractivity contribution in [3.63, 3.8) is 0 Å². The van der Waals surface area contributed by atoms with Crippen molar-refractivity contribution >= 4 is 22.4 Å². The van der Waals surface area contributed by atoms with E-state index in [4.69, 9.17) is 9.47 Å². The van der Waals surface area contributed by atoms with Gasteiger partial charge in [-0.15, -0.1) is 0 Å². The van der Waals surface area contributed by atoms with Crippen LogP contribution in [0, 0.1) is 0 Å². The summed E-state index contributed by atoms with van der Waals surface area (Å²) in [5.74, 6) is 0.251. The van der Waals surface area contributed by atoms with E-state index in [1.165, 1.54) is 0 Å². The molecule has 7 nitrogen and oxygen atoms in total. The van der Waals surface area contributed by atoms with Gasteiger partial charge in [-0.3, -0.25) is 9.59 Å². The van der Waals surface area contributed by atoms with Crippen LogP contribution in [-0.4, -0.2) is 35.4 Å². The number of aromatic nitrogens is 2. The Balaban J connectivity index is 1.51. The van der Waals surface area contributed by atoms with Gasteiger partial charge in [0.2, 0.25) is 0 Å². The zero-order valence-electron chi connectivity index (χ0n) is 14.6. The maximum atomic E-state index is 12.7. The molecule has 1 saturated heterocycles. The summed E-state index contributed by atoms with van der Waals surface area (Å²) in [5, 5.41) is 10.0. The van der Waals surface area contributed by atoms with Crippen LogP contribution in [0.3, 0.4) is 0 Å². The van der Waals surface area contributed by atoms with E-state index >= 15 is 0 Å². The molecule has 4 rings (SSSR count). The molecule has 2 N–H and O–H groups in total. The van der Waals surface area contributed by atoms with Crippen LogP contribution in [0.25, 0.3) is 10.8 Å². The molecule has 0 radical (unpaired) electrons. The predicted octanol–water partition coefficient (Wildman–Crippen LogP) is 2.73. The largest absolute Gasteiger partial charge is 0.491 e. The molecule has 138 valence electrons. The number of rotatable bonds is 5. The van der Waals surface area contributed by atoms with E-state index in [9.17, 15) is 9.59 Å². The number of aromatic amines is 1. The fourth-order valence-electron chi connectivity index (χ4n) is 3.11. The quantitative estimate of drug-likeness (QED) is 0.725. The highest BCUT2D eigenvalue weighted by Gasteiger charge is 2.17. The third-order valence-electron chi connectivity index (χ3n) is 4.46. The first-order chi connectivity index (χ1) is 13.2. The molecule has 0 bridgehead atoms. The van der Waals surface area contributed by atoms with Crippen LogP contribution in [-0.2, 0) is 4.74 Å². The van der Waals surface area contributed by atoms with E-state index in [-0.39, 0.29) is 17.4 Å². The van der Waals surface area contributed by atoms with Crippen molar-refractivity contribution in [1.29, 1.82) is 0 Å². The molecule has 1 atom stereocenters. The van der Waals surface area contributed by atoms with Crippen molar-refractivity contribution in [3.05, 3.63) is 64.6 Å². The number of ether oxygens (including phenoxy) is 2. The molecule has 1 aromatic heterocycles. The maximum Gasteiger partial charge on any atom is 0.276 e. The van der Waals surface area contributed by atoms with Gasteiger partial charge in [-0.1, -0.05) is 24.3 Å². The SMILES string of the molecule is O=C(Nc1cccc(OC[C@@H]2CCCO2)c1)c1n[nH]c(=O)c2ccccc12. The van der Waals surface area contributed by atoms with Gasteiger partial charge in [-0.05, 0) is 31.0 Å². The van der Waals surface area contributed by atoms with Crippen LogP contribution in [0.2, 0.25) is 0 Å². The van der Waals surface area contributed by atoms with Crippen LogP contribution >= 0.6 is 0 Å². The van der Waals surface area contributed by atoms with Gasteiger partial charge in [0, 0.05) is 23.7 Å².